The fourth-order valence-electron chi connectivity index (χ4n) is 2.27. The van der Waals surface area contributed by atoms with Crippen molar-refractivity contribution in [2.45, 2.75) is 25.3 Å². The topological polar surface area (TPSA) is 43.8 Å². The van der Waals surface area contributed by atoms with E-state index >= 15 is 0 Å². The van der Waals surface area contributed by atoms with Crippen molar-refractivity contribution in [3.63, 3.8) is 0 Å². The van der Waals surface area contributed by atoms with Crippen LogP contribution >= 0.6 is 0 Å². The highest BCUT2D eigenvalue weighted by Crippen LogP contribution is 2.15. The molecule has 0 aromatic carbocycles. The summed E-state index contributed by atoms with van der Waals surface area (Å²) in [6.45, 7) is 6.66. The van der Waals surface area contributed by atoms with Crippen molar-refractivity contribution in [3.8, 4) is 0 Å². The maximum atomic E-state index is 10.8. The largest absolute Gasteiger partial charge is 0.480 e. The van der Waals surface area contributed by atoms with E-state index in [9.17, 15) is 4.79 Å². The van der Waals surface area contributed by atoms with Crippen LogP contribution in [0.4, 0.5) is 0 Å². The lowest BCUT2D eigenvalue weighted by Gasteiger charge is -2.28. The van der Waals surface area contributed by atoms with E-state index in [1.807, 2.05) is 4.90 Å². The molecule has 0 aromatic heterocycles. The fourth-order valence-corrected chi connectivity index (χ4v) is 2.27. The average molecular weight is 226 g/mol. The van der Waals surface area contributed by atoms with Crippen LogP contribution < -0.4 is 0 Å². The Morgan fingerprint density at radius 2 is 2.31 bits per heavy atom. The van der Waals surface area contributed by atoms with Gasteiger partial charge in [0.25, 0.3) is 0 Å². The number of carbonyl (C=O) groups is 1. The molecular formula is C12H22N2O2. The molecule has 1 unspecified atom stereocenters. The van der Waals surface area contributed by atoms with Gasteiger partial charge in [0.2, 0.25) is 0 Å². The second-order valence-electron chi connectivity index (χ2n) is 4.50. The summed E-state index contributed by atoms with van der Waals surface area (Å²) in [5, 5.41) is 8.88. The van der Waals surface area contributed by atoms with E-state index in [0.29, 0.717) is 12.6 Å². The van der Waals surface area contributed by atoms with Crippen LogP contribution in [0.2, 0.25) is 0 Å². The molecule has 1 heterocycles. The zero-order valence-corrected chi connectivity index (χ0v) is 10.1. The Morgan fingerprint density at radius 1 is 1.56 bits per heavy atom. The zero-order chi connectivity index (χ0) is 12.0. The number of likely N-dealkylation sites (tertiary alicyclic amines) is 1. The van der Waals surface area contributed by atoms with Crippen LogP contribution in [0.3, 0.4) is 0 Å². The minimum atomic E-state index is -0.751. The molecule has 0 radical (unpaired) electrons. The number of carboxylic acid groups (broad SMARTS) is 1. The predicted molar refractivity (Wildman–Crippen MR) is 64.5 cm³/mol. The molecule has 1 rings (SSSR count). The molecule has 1 atom stereocenters. The normalized spacial score (nSPS) is 23.0. The molecule has 1 N–H and O–H groups in total. The fraction of sp³-hybridized carbons (Fsp3) is 0.750. The molecule has 1 saturated heterocycles. The minimum absolute atomic E-state index is 0.125. The summed E-state index contributed by atoms with van der Waals surface area (Å²) in [5.41, 5.74) is 0. The third-order valence-corrected chi connectivity index (χ3v) is 3.14. The first kappa shape index (κ1) is 13.2. The van der Waals surface area contributed by atoms with Crippen LogP contribution in [-0.4, -0.2) is 60.1 Å². The molecule has 0 bridgehead atoms. The predicted octanol–water partition coefficient (Wildman–Crippen LogP) is 1.04. The molecule has 0 spiro atoms. The van der Waals surface area contributed by atoms with Gasteiger partial charge in [-0.1, -0.05) is 6.08 Å². The molecular weight excluding hydrogens is 204 g/mol. The van der Waals surface area contributed by atoms with Crippen LogP contribution in [-0.2, 0) is 4.79 Å². The molecule has 4 heteroatoms. The molecule has 92 valence electrons. The molecule has 1 fully saturated rings. The Morgan fingerprint density at radius 3 is 2.94 bits per heavy atom. The third kappa shape index (κ3) is 4.33. The first-order chi connectivity index (χ1) is 7.63. The van der Waals surface area contributed by atoms with Crippen molar-refractivity contribution in [2.75, 3.05) is 33.2 Å². The highest BCUT2D eigenvalue weighted by molar-refractivity contribution is 5.69. The molecule has 1 aliphatic rings. The van der Waals surface area contributed by atoms with Gasteiger partial charge in [0.05, 0.1) is 6.54 Å². The molecule has 16 heavy (non-hydrogen) atoms. The SMILES string of the molecule is C=CCN(CC(=O)O)C1CCCN(C)CC1. The Hall–Kier alpha value is -0.870. The Kier molecular flexibility index (Phi) is 5.49. The molecule has 0 aromatic rings. The minimum Gasteiger partial charge on any atom is -0.480 e. The van der Waals surface area contributed by atoms with Gasteiger partial charge in [-0.3, -0.25) is 9.69 Å². The van der Waals surface area contributed by atoms with E-state index in [4.69, 9.17) is 5.11 Å². The first-order valence-corrected chi connectivity index (χ1v) is 5.88. The standard InChI is InChI=1S/C12H22N2O2/c1-3-7-14(10-12(15)16)11-5-4-8-13(2)9-6-11/h3,11H,1,4-10H2,2H3,(H,15,16). The maximum Gasteiger partial charge on any atom is 0.317 e. The molecule has 4 nitrogen and oxygen atoms in total. The smallest absolute Gasteiger partial charge is 0.317 e. The van der Waals surface area contributed by atoms with Gasteiger partial charge in [-0.15, -0.1) is 6.58 Å². The van der Waals surface area contributed by atoms with E-state index in [2.05, 4.69) is 18.5 Å². The van der Waals surface area contributed by atoms with E-state index < -0.39 is 5.97 Å². The van der Waals surface area contributed by atoms with E-state index in [0.717, 1.165) is 32.4 Å². The lowest BCUT2D eigenvalue weighted by atomic mass is 10.1. The van der Waals surface area contributed by atoms with Crippen molar-refractivity contribution in [2.24, 2.45) is 0 Å². The summed E-state index contributed by atoms with van der Waals surface area (Å²) in [6.07, 6.45) is 5.08. The number of rotatable bonds is 5. The maximum absolute atomic E-state index is 10.8. The summed E-state index contributed by atoms with van der Waals surface area (Å²) < 4.78 is 0. The number of aliphatic carboxylic acids is 1. The van der Waals surface area contributed by atoms with Crippen molar-refractivity contribution < 1.29 is 9.90 Å². The summed E-state index contributed by atoms with van der Waals surface area (Å²) in [6, 6.07) is 0.388. The lowest BCUT2D eigenvalue weighted by Crippen LogP contribution is -2.39. The molecule has 0 amide bonds. The summed E-state index contributed by atoms with van der Waals surface area (Å²) in [4.78, 5) is 15.1. The monoisotopic (exact) mass is 226 g/mol. The zero-order valence-electron chi connectivity index (χ0n) is 10.1. The summed E-state index contributed by atoms with van der Waals surface area (Å²) in [7, 11) is 2.12. The van der Waals surface area contributed by atoms with Crippen LogP contribution in [0.15, 0.2) is 12.7 Å². The Balaban J connectivity index is 2.54. The van der Waals surface area contributed by atoms with Gasteiger partial charge >= 0.3 is 5.97 Å². The van der Waals surface area contributed by atoms with Crippen LogP contribution in [0, 0.1) is 0 Å². The van der Waals surface area contributed by atoms with Gasteiger partial charge in [0.15, 0.2) is 0 Å². The van der Waals surface area contributed by atoms with Crippen LogP contribution in [0.5, 0.6) is 0 Å². The van der Waals surface area contributed by atoms with Gasteiger partial charge in [-0.05, 0) is 39.4 Å². The van der Waals surface area contributed by atoms with Crippen molar-refractivity contribution in [1.82, 2.24) is 9.80 Å². The van der Waals surface area contributed by atoms with Gasteiger partial charge in [-0.2, -0.15) is 0 Å². The Bertz CT molecular complexity index is 243. The van der Waals surface area contributed by atoms with Crippen LogP contribution in [0.1, 0.15) is 19.3 Å². The second-order valence-corrected chi connectivity index (χ2v) is 4.50. The van der Waals surface area contributed by atoms with Gasteiger partial charge < -0.3 is 10.0 Å². The number of nitrogens with zero attached hydrogens (tertiary/aromatic N) is 2. The van der Waals surface area contributed by atoms with Gasteiger partial charge in [0, 0.05) is 12.6 Å². The second kappa shape index (κ2) is 6.66. The molecule has 0 saturated carbocycles. The third-order valence-electron chi connectivity index (χ3n) is 3.14. The van der Waals surface area contributed by atoms with Gasteiger partial charge in [0.1, 0.15) is 0 Å². The van der Waals surface area contributed by atoms with E-state index in [1.165, 1.54) is 0 Å². The van der Waals surface area contributed by atoms with E-state index in [1.54, 1.807) is 6.08 Å². The number of hydrogen-bond donors (Lipinski definition) is 1. The average Bonchev–Trinajstić information content (AvgIpc) is 2.42. The van der Waals surface area contributed by atoms with Gasteiger partial charge in [-0.25, -0.2) is 0 Å². The van der Waals surface area contributed by atoms with Crippen molar-refractivity contribution in [1.29, 1.82) is 0 Å². The summed E-state index contributed by atoms with van der Waals surface area (Å²) >= 11 is 0. The lowest BCUT2D eigenvalue weighted by molar-refractivity contribution is -0.138. The first-order valence-electron chi connectivity index (χ1n) is 5.88. The quantitative estimate of drug-likeness (QED) is 0.711. The highest BCUT2D eigenvalue weighted by Gasteiger charge is 2.22. The highest BCUT2D eigenvalue weighted by atomic mass is 16.4. The van der Waals surface area contributed by atoms with Crippen molar-refractivity contribution in [3.05, 3.63) is 12.7 Å². The molecule has 0 aliphatic carbocycles. The van der Waals surface area contributed by atoms with E-state index in [-0.39, 0.29) is 6.54 Å². The summed E-state index contributed by atoms with van der Waals surface area (Å²) in [5.74, 6) is -0.751. The molecule has 1 aliphatic heterocycles. The van der Waals surface area contributed by atoms with Crippen molar-refractivity contribution >= 4 is 5.97 Å². The number of carboxylic acids is 1. The Labute approximate surface area is 97.5 Å². The number of hydrogen-bond acceptors (Lipinski definition) is 3. The van der Waals surface area contributed by atoms with Crippen LogP contribution in [0.25, 0.3) is 0 Å².